The fourth-order valence-corrected chi connectivity index (χ4v) is 2.60. The van der Waals surface area contributed by atoms with Crippen LogP contribution in [-0.2, 0) is 9.53 Å². The zero-order valence-corrected chi connectivity index (χ0v) is 13.9. The lowest BCUT2D eigenvalue weighted by molar-refractivity contribution is -0.139. The highest BCUT2D eigenvalue weighted by Gasteiger charge is 2.37. The molecule has 122 valence electrons. The third-order valence-electron chi connectivity index (χ3n) is 3.49. The molecule has 1 aromatic rings. The molecule has 0 fully saturated rings. The number of carbonyl (C=O) groups excluding carboxylic acids is 2. The molecule has 1 aliphatic rings. The average molecular weight is 314 g/mol. The smallest absolute Gasteiger partial charge is 0.338 e. The fraction of sp³-hybridized carbons (Fsp3) is 0.333. The van der Waals surface area contributed by atoms with E-state index in [1.165, 1.54) is 0 Å². The van der Waals surface area contributed by atoms with Gasteiger partial charge >= 0.3 is 12.0 Å². The highest BCUT2D eigenvalue weighted by atomic mass is 16.5. The first kappa shape index (κ1) is 16.8. The number of carbonyl (C=O) groups is 2. The Kier molecular flexibility index (Phi) is 5.21. The van der Waals surface area contributed by atoms with Gasteiger partial charge in [0.25, 0.3) is 0 Å². The van der Waals surface area contributed by atoms with Crippen LogP contribution in [0.3, 0.4) is 0 Å². The normalized spacial score (nSPS) is 17.7. The Hall–Kier alpha value is -2.56. The maximum Gasteiger partial charge on any atom is 0.338 e. The van der Waals surface area contributed by atoms with Crippen LogP contribution in [0, 0.1) is 0 Å². The largest absolute Gasteiger partial charge is 0.463 e. The molecule has 0 saturated heterocycles. The van der Waals surface area contributed by atoms with Gasteiger partial charge in [-0.25, -0.2) is 9.59 Å². The summed E-state index contributed by atoms with van der Waals surface area (Å²) in [6, 6.07) is 8.73. The molecule has 0 bridgehead atoms. The van der Waals surface area contributed by atoms with Crippen molar-refractivity contribution in [3.8, 4) is 0 Å². The van der Waals surface area contributed by atoms with Crippen molar-refractivity contribution >= 4 is 12.0 Å². The quantitative estimate of drug-likeness (QED) is 0.865. The molecular weight excluding hydrogens is 292 g/mol. The van der Waals surface area contributed by atoms with Gasteiger partial charge in [0.05, 0.1) is 18.2 Å². The molecule has 0 spiro atoms. The first-order valence-corrected chi connectivity index (χ1v) is 7.62. The predicted molar refractivity (Wildman–Crippen MR) is 88.3 cm³/mol. The second kappa shape index (κ2) is 7.13. The molecular formula is C18H22N2O3. The van der Waals surface area contributed by atoms with Crippen molar-refractivity contribution in [3.05, 3.63) is 58.9 Å². The second-order valence-electron chi connectivity index (χ2n) is 5.62. The lowest BCUT2D eigenvalue weighted by Crippen LogP contribution is -2.46. The molecule has 23 heavy (non-hydrogen) atoms. The summed E-state index contributed by atoms with van der Waals surface area (Å²) in [5.74, 6) is -0.411. The fourth-order valence-electron chi connectivity index (χ4n) is 2.60. The van der Waals surface area contributed by atoms with E-state index in [0.717, 1.165) is 11.1 Å². The molecule has 5 heteroatoms. The number of nitrogens with zero attached hydrogens (tertiary/aromatic N) is 1. The van der Waals surface area contributed by atoms with Crippen molar-refractivity contribution in [1.82, 2.24) is 10.2 Å². The molecule has 2 rings (SSSR count). The number of benzene rings is 1. The molecule has 0 saturated carbocycles. The summed E-state index contributed by atoms with van der Waals surface area (Å²) >= 11 is 0. The summed E-state index contributed by atoms with van der Waals surface area (Å²) in [4.78, 5) is 26.4. The highest BCUT2D eigenvalue weighted by molar-refractivity contribution is 5.95. The third-order valence-corrected chi connectivity index (χ3v) is 3.49. The van der Waals surface area contributed by atoms with E-state index in [1.807, 2.05) is 44.2 Å². The minimum absolute atomic E-state index is 0.259. The number of rotatable bonds is 4. The van der Waals surface area contributed by atoms with Crippen LogP contribution in [0.2, 0.25) is 0 Å². The standard InChI is InChI=1S/C18H22N2O3/c1-5-23-17(21)15-13(4)19-18(22)20(11-12(2)3)16(15)14-9-7-6-8-10-14/h6-11,16H,5H2,1-4H3,(H,19,22)/t16-/m1/s1. The monoisotopic (exact) mass is 314 g/mol. The molecule has 1 heterocycles. The minimum atomic E-state index is -0.501. The highest BCUT2D eigenvalue weighted by Crippen LogP contribution is 2.34. The van der Waals surface area contributed by atoms with Crippen molar-refractivity contribution in [2.75, 3.05) is 6.61 Å². The van der Waals surface area contributed by atoms with Gasteiger partial charge in [0, 0.05) is 11.9 Å². The third kappa shape index (κ3) is 3.62. The van der Waals surface area contributed by atoms with E-state index < -0.39 is 12.0 Å². The van der Waals surface area contributed by atoms with Crippen molar-refractivity contribution in [1.29, 1.82) is 0 Å². The van der Waals surface area contributed by atoms with Gasteiger partial charge in [-0.2, -0.15) is 0 Å². The van der Waals surface area contributed by atoms with Crippen LogP contribution in [0.25, 0.3) is 0 Å². The van der Waals surface area contributed by atoms with Gasteiger partial charge in [0.15, 0.2) is 0 Å². The van der Waals surface area contributed by atoms with E-state index in [1.54, 1.807) is 24.9 Å². The van der Waals surface area contributed by atoms with Crippen molar-refractivity contribution < 1.29 is 14.3 Å². The summed E-state index contributed by atoms with van der Waals surface area (Å²) in [7, 11) is 0. The van der Waals surface area contributed by atoms with Crippen LogP contribution in [0.15, 0.2) is 53.4 Å². The van der Waals surface area contributed by atoms with Crippen LogP contribution >= 0.6 is 0 Å². The Morgan fingerprint density at radius 1 is 1.30 bits per heavy atom. The SMILES string of the molecule is CCOC(=O)C1=C(C)NC(=O)N(C=C(C)C)[C@@H]1c1ccccc1. The van der Waals surface area contributed by atoms with Gasteiger partial charge in [-0.1, -0.05) is 35.9 Å². The van der Waals surface area contributed by atoms with E-state index in [9.17, 15) is 9.59 Å². The Labute approximate surface area is 136 Å². The van der Waals surface area contributed by atoms with Crippen molar-refractivity contribution in [2.24, 2.45) is 0 Å². The number of esters is 1. The Morgan fingerprint density at radius 3 is 2.52 bits per heavy atom. The predicted octanol–water partition coefficient (Wildman–Crippen LogP) is 3.51. The molecule has 1 aliphatic heterocycles. The number of allylic oxidation sites excluding steroid dienone is 2. The number of ether oxygens (including phenoxy) is 1. The summed E-state index contributed by atoms with van der Waals surface area (Å²) in [5.41, 5.74) is 2.81. The van der Waals surface area contributed by atoms with E-state index in [2.05, 4.69) is 5.32 Å². The van der Waals surface area contributed by atoms with Crippen molar-refractivity contribution in [3.63, 3.8) is 0 Å². The van der Waals surface area contributed by atoms with Gasteiger partial charge < -0.3 is 10.1 Å². The van der Waals surface area contributed by atoms with E-state index in [0.29, 0.717) is 11.3 Å². The maximum absolute atomic E-state index is 12.5. The van der Waals surface area contributed by atoms with Crippen LogP contribution in [-0.4, -0.2) is 23.5 Å². The Morgan fingerprint density at radius 2 is 1.96 bits per heavy atom. The van der Waals surface area contributed by atoms with E-state index >= 15 is 0 Å². The molecule has 1 atom stereocenters. The number of urea groups is 1. The lowest BCUT2D eigenvalue weighted by atomic mass is 9.94. The number of hydrogen-bond acceptors (Lipinski definition) is 3. The molecule has 0 unspecified atom stereocenters. The van der Waals surface area contributed by atoms with Gasteiger partial charge in [0.2, 0.25) is 0 Å². The molecule has 0 aliphatic carbocycles. The minimum Gasteiger partial charge on any atom is -0.463 e. The first-order valence-electron chi connectivity index (χ1n) is 7.62. The zero-order chi connectivity index (χ0) is 17.0. The van der Waals surface area contributed by atoms with Gasteiger partial charge in [-0.3, -0.25) is 4.90 Å². The molecule has 5 nitrogen and oxygen atoms in total. The second-order valence-corrected chi connectivity index (χ2v) is 5.62. The summed E-state index contributed by atoms with van der Waals surface area (Å²) in [5, 5.41) is 2.75. The summed E-state index contributed by atoms with van der Waals surface area (Å²) in [6.07, 6.45) is 1.75. The maximum atomic E-state index is 12.5. The first-order chi connectivity index (χ1) is 11.0. The Balaban J connectivity index is 2.60. The molecule has 1 N–H and O–H groups in total. The van der Waals surface area contributed by atoms with Crippen LogP contribution in [0.5, 0.6) is 0 Å². The van der Waals surface area contributed by atoms with Crippen LogP contribution in [0.4, 0.5) is 4.79 Å². The lowest BCUT2D eigenvalue weighted by Gasteiger charge is -2.36. The molecule has 1 aromatic carbocycles. The summed E-state index contributed by atoms with van der Waals surface area (Å²) < 4.78 is 5.20. The average Bonchev–Trinajstić information content (AvgIpc) is 2.50. The van der Waals surface area contributed by atoms with Crippen LogP contribution in [0.1, 0.15) is 39.3 Å². The van der Waals surface area contributed by atoms with Crippen molar-refractivity contribution in [2.45, 2.75) is 33.7 Å². The molecule has 0 radical (unpaired) electrons. The van der Waals surface area contributed by atoms with E-state index in [-0.39, 0.29) is 12.6 Å². The summed E-state index contributed by atoms with van der Waals surface area (Å²) in [6.45, 7) is 7.59. The number of amides is 2. The van der Waals surface area contributed by atoms with Gasteiger partial charge in [-0.05, 0) is 33.3 Å². The van der Waals surface area contributed by atoms with Gasteiger partial charge in [-0.15, -0.1) is 0 Å². The number of nitrogens with one attached hydrogen (secondary N) is 1. The van der Waals surface area contributed by atoms with Gasteiger partial charge in [0.1, 0.15) is 0 Å². The van der Waals surface area contributed by atoms with Crippen LogP contribution < -0.4 is 5.32 Å². The molecule has 0 aromatic heterocycles. The zero-order valence-electron chi connectivity index (χ0n) is 13.9. The topological polar surface area (TPSA) is 58.6 Å². The van der Waals surface area contributed by atoms with E-state index in [4.69, 9.17) is 4.74 Å². The molecule has 2 amide bonds. The Bertz CT molecular complexity index is 658. The number of hydrogen-bond donors (Lipinski definition) is 1.